The molecule has 0 aromatic carbocycles. The van der Waals surface area contributed by atoms with E-state index in [1.807, 2.05) is 26.7 Å². The summed E-state index contributed by atoms with van der Waals surface area (Å²) in [6, 6.07) is -0.278. The highest BCUT2D eigenvalue weighted by Gasteiger charge is 2.33. The van der Waals surface area contributed by atoms with Gasteiger partial charge in [-0.15, -0.1) is 0 Å². The third-order valence-corrected chi connectivity index (χ3v) is 6.12. The predicted octanol–water partition coefficient (Wildman–Crippen LogP) is 3.47. The Morgan fingerprint density at radius 2 is 2.10 bits per heavy atom. The minimum atomic E-state index is -1.06. The van der Waals surface area contributed by atoms with Gasteiger partial charge in [-0.25, -0.2) is 19.5 Å². The molecule has 1 saturated heterocycles. The molecule has 1 aromatic rings. The third kappa shape index (κ3) is 5.11. The lowest BCUT2D eigenvalue weighted by Gasteiger charge is -2.36. The van der Waals surface area contributed by atoms with E-state index in [2.05, 4.69) is 9.88 Å². The highest BCUT2D eigenvalue weighted by Crippen LogP contribution is 2.37. The molecule has 1 unspecified atom stereocenters. The van der Waals surface area contributed by atoms with Gasteiger partial charge in [0.05, 0.1) is 29.2 Å². The molecule has 2 aliphatic rings. The summed E-state index contributed by atoms with van der Waals surface area (Å²) < 4.78 is 5.44. The fraction of sp³-hybridized carbons (Fsp3) is 0.500. The summed E-state index contributed by atoms with van der Waals surface area (Å²) in [5, 5.41) is 10.6. The summed E-state index contributed by atoms with van der Waals surface area (Å²) in [6.07, 6.45) is 5.58. The largest absolute Gasteiger partial charge is 0.465 e. The molecule has 1 amide bonds. The van der Waals surface area contributed by atoms with Crippen LogP contribution in [0.15, 0.2) is 35.3 Å². The molecule has 1 N–H and O–H groups in total. The Morgan fingerprint density at radius 3 is 2.70 bits per heavy atom. The van der Waals surface area contributed by atoms with E-state index < -0.39 is 11.6 Å². The molecule has 10 heteroatoms. The summed E-state index contributed by atoms with van der Waals surface area (Å²) in [5.74, 6) is 1.97. The number of carbonyl (C=O) groups is 1. The maximum atomic E-state index is 11.9. The van der Waals surface area contributed by atoms with E-state index in [-0.39, 0.29) is 6.04 Å². The zero-order chi connectivity index (χ0) is 21.9. The maximum absolute atomic E-state index is 11.9. The van der Waals surface area contributed by atoms with Crippen LogP contribution in [0.4, 0.5) is 9.93 Å². The van der Waals surface area contributed by atoms with Crippen molar-refractivity contribution in [1.82, 2.24) is 14.8 Å². The van der Waals surface area contributed by atoms with Crippen LogP contribution >= 0.6 is 22.9 Å². The predicted molar refractivity (Wildman–Crippen MR) is 116 cm³/mol. The van der Waals surface area contributed by atoms with Crippen LogP contribution in [-0.2, 0) is 9.53 Å². The van der Waals surface area contributed by atoms with E-state index in [1.165, 1.54) is 16.2 Å². The summed E-state index contributed by atoms with van der Waals surface area (Å²) >= 11 is 7.52. The third-order valence-electron chi connectivity index (χ3n) is 4.81. The average molecular weight is 453 g/mol. The second-order valence-corrected chi connectivity index (χ2v) is 9.48. The van der Waals surface area contributed by atoms with E-state index in [1.54, 1.807) is 29.4 Å². The minimum Gasteiger partial charge on any atom is -0.465 e. The number of carboxylic acid groups (broad SMARTS) is 1. The Kier molecular flexibility index (Phi) is 7.00. The fourth-order valence-corrected chi connectivity index (χ4v) is 4.73. The number of amides is 1. The Balaban J connectivity index is 1.98. The Morgan fingerprint density at radius 1 is 1.40 bits per heavy atom. The molecule has 1 atom stereocenters. The fourth-order valence-electron chi connectivity index (χ4n) is 3.37. The molecule has 0 aliphatic carbocycles. The molecule has 8 nitrogen and oxygen atoms in total. The van der Waals surface area contributed by atoms with Gasteiger partial charge in [-0.1, -0.05) is 22.9 Å². The highest BCUT2D eigenvalue weighted by atomic mass is 35.5. The van der Waals surface area contributed by atoms with E-state index in [0.29, 0.717) is 35.6 Å². The SMILES string of the molecule is CC(C)(C)N(C(=O)O)c1ncc(C(CN2CCOCC2)N2C=C(Cl)C=CC2=C=O)s1. The first kappa shape index (κ1) is 22.5. The van der Waals surface area contributed by atoms with Crippen LogP contribution < -0.4 is 4.90 Å². The smallest absolute Gasteiger partial charge is 0.414 e. The molecule has 1 aromatic heterocycles. The lowest BCUT2D eigenvalue weighted by Crippen LogP contribution is -2.45. The van der Waals surface area contributed by atoms with Gasteiger partial charge in [0.1, 0.15) is 5.70 Å². The van der Waals surface area contributed by atoms with Gasteiger partial charge in [0.15, 0.2) is 11.1 Å². The van der Waals surface area contributed by atoms with Crippen molar-refractivity contribution in [3.63, 3.8) is 0 Å². The van der Waals surface area contributed by atoms with Crippen LogP contribution in [0, 0.1) is 0 Å². The van der Waals surface area contributed by atoms with Crippen LogP contribution in [-0.4, -0.2) is 70.3 Å². The van der Waals surface area contributed by atoms with Gasteiger partial charge in [0.25, 0.3) is 0 Å². The number of carbonyl (C=O) groups excluding carboxylic acids is 1. The molecule has 0 spiro atoms. The molecule has 3 heterocycles. The van der Waals surface area contributed by atoms with Crippen molar-refractivity contribution in [3.05, 3.63) is 40.2 Å². The van der Waals surface area contributed by atoms with Crippen LogP contribution in [0.3, 0.4) is 0 Å². The zero-order valence-electron chi connectivity index (χ0n) is 17.2. The number of halogens is 1. The molecule has 3 rings (SSSR count). The van der Waals surface area contributed by atoms with Crippen LogP contribution in [0.25, 0.3) is 0 Å². The Labute approximate surface area is 184 Å². The van der Waals surface area contributed by atoms with E-state index in [0.717, 1.165) is 18.0 Å². The topological polar surface area (TPSA) is 86.2 Å². The number of thiazole rings is 1. The van der Waals surface area contributed by atoms with E-state index in [9.17, 15) is 14.7 Å². The van der Waals surface area contributed by atoms with Crippen LogP contribution in [0.1, 0.15) is 31.7 Å². The van der Waals surface area contributed by atoms with Gasteiger partial charge in [-0.2, -0.15) is 0 Å². The monoisotopic (exact) mass is 452 g/mol. The van der Waals surface area contributed by atoms with Gasteiger partial charge >= 0.3 is 6.09 Å². The molecule has 2 aliphatic heterocycles. The molecular weight excluding hydrogens is 428 g/mol. The second kappa shape index (κ2) is 9.32. The number of aromatic nitrogens is 1. The first-order valence-corrected chi connectivity index (χ1v) is 10.8. The van der Waals surface area contributed by atoms with Crippen molar-refractivity contribution < 1.29 is 19.4 Å². The number of morpholine rings is 1. The van der Waals surface area contributed by atoms with Crippen LogP contribution in [0.5, 0.6) is 0 Å². The van der Waals surface area contributed by atoms with E-state index in [4.69, 9.17) is 16.3 Å². The lowest BCUT2D eigenvalue weighted by atomic mass is 10.1. The quantitative estimate of drug-likeness (QED) is 0.684. The maximum Gasteiger partial charge on any atom is 0.414 e. The normalized spacial score (nSPS) is 18.7. The first-order valence-electron chi connectivity index (χ1n) is 9.58. The molecule has 0 bridgehead atoms. The molecule has 0 saturated carbocycles. The summed E-state index contributed by atoms with van der Waals surface area (Å²) in [4.78, 5) is 33.9. The number of anilines is 1. The van der Waals surface area contributed by atoms with Gasteiger partial charge in [-0.3, -0.25) is 4.90 Å². The van der Waals surface area contributed by atoms with Crippen LogP contribution in [0.2, 0.25) is 0 Å². The first-order chi connectivity index (χ1) is 14.2. The summed E-state index contributed by atoms with van der Waals surface area (Å²) in [7, 11) is 0. The number of hydrogen-bond donors (Lipinski definition) is 1. The van der Waals surface area contributed by atoms with Crippen molar-refractivity contribution in [2.24, 2.45) is 0 Å². The van der Waals surface area contributed by atoms with Gasteiger partial charge in [0.2, 0.25) is 0 Å². The second-order valence-electron chi connectivity index (χ2n) is 8.00. The Bertz CT molecular complexity index is 895. The van der Waals surface area contributed by atoms with Crippen molar-refractivity contribution in [1.29, 1.82) is 0 Å². The summed E-state index contributed by atoms with van der Waals surface area (Å²) in [6.45, 7) is 8.89. The van der Waals surface area contributed by atoms with Crippen molar-refractivity contribution >= 4 is 40.1 Å². The molecule has 0 radical (unpaired) electrons. The standard InChI is InChI=1S/C20H25ClN4O4S/c1-20(2,3)25(19(27)28)18-22-10-17(30-18)16(12-23-6-8-29-9-7-23)24-11-14(21)4-5-15(24)13-26/h4-5,10-11,16H,6-9,12H2,1-3H3,(H,27,28). The lowest BCUT2D eigenvalue weighted by molar-refractivity contribution is 0.0290. The number of hydrogen-bond acceptors (Lipinski definition) is 7. The number of allylic oxidation sites excluding steroid dienone is 3. The van der Waals surface area contributed by atoms with Crippen molar-refractivity contribution in [2.45, 2.75) is 32.4 Å². The van der Waals surface area contributed by atoms with E-state index >= 15 is 0 Å². The molecule has 162 valence electrons. The minimum absolute atomic E-state index is 0.278. The number of rotatable bonds is 5. The van der Waals surface area contributed by atoms with Gasteiger partial charge in [-0.05, 0) is 32.9 Å². The average Bonchev–Trinajstić information content (AvgIpc) is 3.14. The molecule has 30 heavy (non-hydrogen) atoms. The van der Waals surface area contributed by atoms with Gasteiger partial charge < -0.3 is 14.7 Å². The van der Waals surface area contributed by atoms with Gasteiger partial charge in [0, 0.05) is 37.6 Å². The number of ether oxygens (including phenoxy) is 1. The number of nitrogens with zero attached hydrogens (tertiary/aromatic N) is 4. The molecular formula is C20H25ClN4O4S. The summed E-state index contributed by atoms with van der Waals surface area (Å²) in [5.41, 5.74) is -0.287. The van der Waals surface area contributed by atoms with Crippen molar-refractivity contribution in [3.8, 4) is 0 Å². The van der Waals surface area contributed by atoms with Crippen molar-refractivity contribution in [2.75, 3.05) is 37.7 Å². The zero-order valence-corrected chi connectivity index (χ0v) is 18.7. The Hall–Kier alpha value is -2.16. The molecule has 1 fully saturated rings. The highest BCUT2D eigenvalue weighted by molar-refractivity contribution is 7.15.